The largest absolute Gasteiger partial charge is 0.308 e. The second-order valence-electron chi connectivity index (χ2n) is 9.01. The van der Waals surface area contributed by atoms with E-state index >= 15 is 4.57 Å². The lowest BCUT2D eigenvalue weighted by molar-refractivity contribution is 0.592. The zero-order chi connectivity index (χ0) is 24.8. The highest BCUT2D eigenvalue weighted by atomic mass is 31.2. The van der Waals surface area contributed by atoms with Crippen LogP contribution in [0.25, 0.3) is 22.2 Å². The third kappa shape index (κ3) is 3.34. The van der Waals surface area contributed by atoms with Crippen molar-refractivity contribution in [1.82, 2.24) is 9.97 Å². The van der Waals surface area contributed by atoms with Gasteiger partial charge in [0.1, 0.15) is 0 Å². The monoisotopic (exact) mass is 495 g/mol. The predicted octanol–water partition coefficient (Wildman–Crippen LogP) is 6.72. The first-order valence-electron chi connectivity index (χ1n) is 12.2. The minimum Gasteiger partial charge on any atom is -0.308 e. The molecule has 0 unspecified atom stereocenters. The molecule has 0 atom stereocenters. The van der Waals surface area contributed by atoms with Crippen LogP contribution in [0, 0.1) is 0 Å². The number of fused-ring (bicyclic) bond motifs is 3. The van der Waals surface area contributed by atoms with E-state index in [0.717, 1.165) is 49.4 Å². The van der Waals surface area contributed by atoms with Crippen molar-refractivity contribution in [1.29, 1.82) is 0 Å². The summed E-state index contributed by atoms with van der Waals surface area (Å²) in [6.07, 6.45) is 0. The van der Waals surface area contributed by atoms with Crippen LogP contribution in [0.4, 0.5) is 17.3 Å². The Morgan fingerprint density at radius 1 is 0.541 bits per heavy atom. The second-order valence-corrected chi connectivity index (χ2v) is 11.7. The topological polar surface area (TPSA) is 46.1 Å². The summed E-state index contributed by atoms with van der Waals surface area (Å²) < 4.78 is 15.1. The number of hydrogen-bond donors (Lipinski definition) is 0. The summed E-state index contributed by atoms with van der Waals surface area (Å²) in [5.41, 5.74) is 4.42. The number of para-hydroxylation sites is 3. The van der Waals surface area contributed by atoms with Gasteiger partial charge in [0.05, 0.1) is 22.6 Å². The van der Waals surface area contributed by atoms with Crippen molar-refractivity contribution < 1.29 is 4.57 Å². The molecular formula is C32H22N3OP. The van der Waals surface area contributed by atoms with Crippen molar-refractivity contribution in [3.05, 3.63) is 133 Å². The molecule has 0 radical (unpaired) electrons. The van der Waals surface area contributed by atoms with E-state index in [1.165, 1.54) is 0 Å². The van der Waals surface area contributed by atoms with Gasteiger partial charge in [-0.15, -0.1) is 0 Å². The molecule has 1 aromatic heterocycles. The van der Waals surface area contributed by atoms with Crippen LogP contribution in [-0.2, 0) is 4.57 Å². The average molecular weight is 496 g/mol. The van der Waals surface area contributed by atoms with E-state index in [0.29, 0.717) is 5.95 Å². The summed E-state index contributed by atoms with van der Waals surface area (Å²) in [6.45, 7) is 0. The van der Waals surface area contributed by atoms with Crippen LogP contribution in [0.15, 0.2) is 133 Å². The van der Waals surface area contributed by atoms with Gasteiger partial charge >= 0.3 is 0 Å². The van der Waals surface area contributed by atoms with Gasteiger partial charge < -0.3 is 4.57 Å². The van der Waals surface area contributed by atoms with Gasteiger partial charge in [-0.1, -0.05) is 103 Å². The highest BCUT2D eigenvalue weighted by molar-refractivity contribution is 7.86. The predicted molar refractivity (Wildman–Crippen MR) is 153 cm³/mol. The van der Waals surface area contributed by atoms with Crippen LogP contribution in [0.2, 0.25) is 0 Å². The molecule has 0 saturated heterocycles. The number of aromatic nitrogens is 2. The van der Waals surface area contributed by atoms with Gasteiger partial charge in [0.15, 0.2) is 7.14 Å². The van der Waals surface area contributed by atoms with E-state index in [4.69, 9.17) is 9.97 Å². The molecule has 37 heavy (non-hydrogen) atoms. The highest BCUT2D eigenvalue weighted by Gasteiger charge is 2.41. The lowest BCUT2D eigenvalue weighted by atomic mass is 10.1. The van der Waals surface area contributed by atoms with E-state index in [2.05, 4.69) is 23.1 Å². The van der Waals surface area contributed by atoms with Gasteiger partial charge in [-0.3, -0.25) is 4.90 Å². The average Bonchev–Trinajstić information content (AvgIpc) is 2.98. The van der Waals surface area contributed by atoms with Crippen molar-refractivity contribution in [2.45, 2.75) is 0 Å². The standard InChI is InChI=1S/C32H22N3OP/c36-37(24-15-5-2-6-16-24)29-21-11-9-19-27(29)35(28-20-10-12-22-30(28)37)32-33-26-18-8-7-17-25(26)31(34-32)23-13-3-1-4-14-23/h1-22H. The second kappa shape index (κ2) is 8.55. The van der Waals surface area contributed by atoms with Crippen LogP contribution in [-0.4, -0.2) is 9.97 Å². The minimum absolute atomic E-state index is 0.553. The fraction of sp³-hybridized carbons (Fsp3) is 0. The first-order valence-corrected chi connectivity index (χ1v) is 13.9. The summed E-state index contributed by atoms with van der Waals surface area (Å²) >= 11 is 0. The summed E-state index contributed by atoms with van der Waals surface area (Å²) in [7, 11) is -3.12. The molecule has 0 aliphatic carbocycles. The Kier molecular flexibility index (Phi) is 5.02. The van der Waals surface area contributed by atoms with Crippen molar-refractivity contribution in [3.8, 4) is 11.3 Å². The fourth-order valence-corrected chi connectivity index (χ4v) is 8.20. The molecular weight excluding hydrogens is 473 g/mol. The molecule has 4 nitrogen and oxygen atoms in total. The molecule has 176 valence electrons. The molecule has 1 aliphatic rings. The quantitative estimate of drug-likeness (QED) is 0.255. The van der Waals surface area contributed by atoms with Crippen LogP contribution >= 0.6 is 7.14 Å². The lowest BCUT2D eigenvalue weighted by Crippen LogP contribution is -2.37. The van der Waals surface area contributed by atoms with Crippen LogP contribution in [0.1, 0.15) is 0 Å². The van der Waals surface area contributed by atoms with E-state index in [9.17, 15) is 0 Å². The molecule has 1 aliphatic heterocycles. The van der Waals surface area contributed by atoms with Gasteiger partial charge in [-0.05, 0) is 30.3 Å². The molecule has 0 spiro atoms. The molecule has 0 saturated carbocycles. The molecule has 0 N–H and O–H groups in total. The first kappa shape index (κ1) is 21.7. The van der Waals surface area contributed by atoms with Gasteiger partial charge in [0.2, 0.25) is 5.95 Å². The zero-order valence-electron chi connectivity index (χ0n) is 19.9. The summed E-state index contributed by atoms with van der Waals surface area (Å²) in [4.78, 5) is 12.2. The van der Waals surface area contributed by atoms with E-state index in [1.807, 2.05) is 115 Å². The maximum absolute atomic E-state index is 15.1. The summed E-state index contributed by atoms with van der Waals surface area (Å²) in [5.74, 6) is 0.553. The Morgan fingerprint density at radius 2 is 1.08 bits per heavy atom. The Labute approximate surface area is 215 Å². The van der Waals surface area contributed by atoms with Crippen LogP contribution < -0.4 is 20.8 Å². The Balaban J connectivity index is 1.54. The van der Waals surface area contributed by atoms with E-state index < -0.39 is 7.14 Å². The third-order valence-electron chi connectivity index (χ3n) is 6.88. The minimum atomic E-state index is -3.12. The number of rotatable bonds is 3. The Bertz CT molecular complexity index is 1770. The van der Waals surface area contributed by atoms with Gasteiger partial charge in [-0.2, -0.15) is 0 Å². The van der Waals surface area contributed by atoms with Gasteiger partial charge in [0.25, 0.3) is 0 Å². The molecule has 7 rings (SSSR count). The number of nitrogens with zero attached hydrogens (tertiary/aromatic N) is 3. The van der Waals surface area contributed by atoms with Crippen LogP contribution in [0.5, 0.6) is 0 Å². The van der Waals surface area contributed by atoms with Crippen molar-refractivity contribution in [3.63, 3.8) is 0 Å². The van der Waals surface area contributed by atoms with E-state index in [1.54, 1.807) is 0 Å². The molecule has 6 aromatic rings. The Hall–Kier alpha value is -4.53. The van der Waals surface area contributed by atoms with Crippen molar-refractivity contribution >= 4 is 51.3 Å². The molecule has 0 fully saturated rings. The third-order valence-corrected chi connectivity index (χ3v) is 10.0. The molecule has 0 amide bonds. The number of benzene rings is 5. The molecule has 5 aromatic carbocycles. The maximum Gasteiger partial charge on any atom is 0.235 e. The normalized spacial score (nSPS) is 13.7. The van der Waals surface area contributed by atoms with E-state index in [-0.39, 0.29) is 0 Å². The summed E-state index contributed by atoms with van der Waals surface area (Å²) in [5, 5.41) is 3.39. The number of hydrogen-bond acceptors (Lipinski definition) is 4. The van der Waals surface area contributed by atoms with Gasteiger partial charge in [-0.25, -0.2) is 9.97 Å². The smallest absolute Gasteiger partial charge is 0.235 e. The van der Waals surface area contributed by atoms with Crippen molar-refractivity contribution in [2.75, 3.05) is 4.90 Å². The molecule has 0 bridgehead atoms. The molecule has 2 heterocycles. The lowest BCUT2D eigenvalue weighted by Gasteiger charge is -2.36. The maximum atomic E-state index is 15.1. The fourth-order valence-electron chi connectivity index (χ4n) is 5.21. The summed E-state index contributed by atoms with van der Waals surface area (Å²) in [6, 6.07) is 43.9. The highest BCUT2D eigenvalue weighted by Crippen LogP contribution is 2.53. The Morgan fingerprint density at radius 3 is 1.76 bits per heavy atom. The molecule has 5 heteroatoms. The van der Waals surface area contributed by atoms with Gasteiger partial charge in [0, 0.05) is 26.9 Å². The first-order chi connectivity index (χ1) is 18.2. The van der Waals surface area contributed by atoms with Crippen molar-refractivity contribution in [2.24, 2.45) is 0 Å². The SMILES string of the molecule is O=P1(c2ccccc2)c2ccccc2N(c2nc(-c3ccccc3)c3ccccc3n2)c2ccccc21. The number of anilines is 3. The van der Waals surface area contributed by atoms with Crippen LogP contribution in [0.3, 0.4) is 0 Å². The zero-order valence-corrected chi connectivity index (χ0v) is 20.8.